The minimum atomic E-state index is -0.196. The predicted octanol–water partition coefficient (Wildman–Crippen LogP) is 2.73. The summed E-state index contributed by atoms with van der Waals surface area (Å²) in [4.78, 5) is 28.9. The summed E-state index contributed by atoms with van der Waals surface area (Å²) in [6.45, 7) is 5.12. The number of amides is 2. The molecule has 2 heterocycles. The Kier molecular flexibility index (Phi) is 4.86. The summed E-state index contributed by atoms with van der Waals surface area (Å²) in [7, 11) is 1.80. The minimum absolute atomic E-state index is 0.0611. The van der Waals surface area contributed by atoms with E-state index in [0.717, 1.165) is 8.66 Å². The maximum atomic E-state index is 12.4. The van der Waals surface area contributed by atoms with E-state index in [4.69, 9.17) is 0 Å². The van der Waals surface area contributed by atoms with Gasteiger partial charge in [-0.05, 0) is 41.9 Å². The second-order valence-corrected chi connectivity index (χ2v) is 7.99. The molecule has 0 aromatic carbocycles. The number of carbonyl (C=O) groups is 2. The van der Waals surface area contributed by atoms with Gasteiger partial charge in [0, 0.05) is 30.9 Å². The van der Waals surface area contributed by atoms with E-state index in [1.807, 2.05) is 26.0 Å². The second-order valence-electron chi connectivity index (χ2n) is 5.44. The zero-order valence-electron chi connectivity index (χ0n) is 11.9. The minimum Gasteiger partial charge on any atom is -0.340 e. The molecule has 1 aromatic rings. The maximum Gasteiger partial charge on any atom is 0.228 e. The third-order valence-corrected chi connectivity index (χ3v) is 5.14. The van der Waals surface area contributed by atoms with E-state index in [1.54, 1.807) is 28.2 Å². The van der Waals surface area contributed by atoms with Crippen molar-refractivity contribution < 1.29 is 9.59 Å². The molecule has 0 spiro atoms. The Morgan fingerprint density at radius 3 is 2.75 bits per heavy atom. The first-order valence-electron chi connectivity index (χ1n) is 6.67. The highest BCUT2D eigenvalue weighted by Crippen LogP contribution is 2.25. The lowest BCUT2D eigenvalue weighted by Gasteiger charge is -2.23. The normalized spacial score (nSPS) is 18.9. The molecule has 0 radical (unpaired) electrons. The van der Waals surface area contributed by atoms with Crippen LogP contribution in [-0.4, -0.2) is 41.2 Å². The first-order chi connectivity index (χ1) is 9.38. The van der Waals surface area contributed by atoms with Crippen LogP contribution in [0.3, 0.4) is 0 Å². The second kappa shape index (κ2) is 6.26. The number of hydrogen-bond donors (Lipinski definition) is 0. The molecule has 110 valence electrons. The van der Waals surface area contributed by atoms with E-state index in [1.165, 1.54) is 0 Å². The molecule has 2 amide bonds. The van der Waals surface area contributed by atoms with Gasteiger partial charge in [-0.3, -0.25) is 9.59 Å². The first-order valence-corrected chi connectivity index (χ1v) is 8.28. The van der Waals surface area contributed by atoms with Crippen LogP contribution in [0.15, 0.2) is 15.9 Å². The standard InChI is InChI=1S/C14H19BrN2O2S/c1-9(2)17-7-10(6-13(17)18)14(19)16(3)8-11-4-5-12(15)20-11/h4-5,9-10H,6-8H2,1-3H3. The van der Waals surface area contributed by atoms with Crippen molar-refractivity contribution in [2.45, 2.75) is 32.9 Å². The highest BCUT2D eigenvalue weighted by atomic mass is 79.9. The molecule has 1 unspecified atom stereocenters. The molecule has 20 heavy (non-hydrogen) atoms. The Morgan fingerprint density at radius 1 is 1.55 bits per heavy atom. The summed E-state index contributed by atoms with van der Waals surface area (Å²) >= 11 is 5.05. The topological polar surface area (TPSA) is 40.6 Å². The van der Waals surface area contributed by atoms with Crippen molar-refractivity contribution in [1.82, 2.24) is 9.80 Å². The highest BCUT2D eigenvalue weighted by Gasteiger charge is 2.36. The molecule has 0 aliphatic carbocycles. The quantitative estimate of drug-likeness (QED) is 0.830. The van der Waals surface area contributed by atoms with E-state index in [0.29, 0.717) is 19.5 Å². The Morgan fingerprint density at radius 2 is 2.25 bits per heavy atom. The van der Waals surface area contributed by atoms with E-state index in [9.17, 15) is 9.59 Å². The van der Waals surface area contributed by atoms with Crippen LogP contribution in [0, 0.1) is 5.92 Å². The third kappa shape index (κ3) is 3.41. The molecule has 0 bridgehead atoms. The highest BCUT2D eigenvalue weighted by molar-refractivity contribution is 9.11. The molecule has 1 aromatic heterocycles. The van der Waals surface area contributed by atoms with E-state index < -0.39 is 0 Å². The van der Waals surface area contributed by atoms with Gasteiger partial charge in [0.1, 0.15) is 0 Å². The molecule has 1 aliphatic rings. The fourth-order valence-electron chi connectivity index (χ4n) is 2.46. The van der Waals surface area contributed by atoms with Crippen molar-refractivity contribution in [3.63, 3.8) is 0 Å². The summed E-state index contributed by atoms with van der Waals surface area (Å²) in [6.07, 6.45) is 0.343. The lowest BCUT2D eigenvalue weighted by atomic mass is 10.1. The average molecular weight is 359 g/mol. The molecule has 1 fully saturated rings. The lowest BCUT2D eigenvalue weighted by molar-refractivity contribution is -0.135. The number of rotatable bonds is 4. The van der Waals surface area contributed by atoms with Gasteiger partial charge >= 0.3 is 0 Å². The van der Waals surface area contributed by atoms with Gasteiger partial charge in [-0.2, -0.15) is 0 Å². The molecular weight excluding hydrogens is 340 g/mol. The molecule has 0 saturated carbocycles. The van der Waals surface area contributed by atoms with Crippen molar-refractivity contribution in [3.8, 4) is 0 Å². The first kappa shape index (κ1) is 15.5. The Balaban J connectivity index is 1.96. The number of nitrogens with zero attached hydrogens (tertiary/aromatic N) is 2. The van der Waals surface area contributed by atoms with Crippen LogP contribution in [-0.2, 0) is 16.1 Å². The SMILES string of the molecule is CC(C)N1CC(C(=O)N(C)Cc2ccc(Br)s2)CC1=O. The lowest BCUT2D eigenvalue weighted by Crippen LogP contribution is -2.36. The smallest absolute Gasteiger partial charge is 0.228 e. The van der Waals surface area contributed by atoms with Gasteiger partial charge in [-0.1, -0.05) is 0 Å². The number of hydrogen-bond acceptors (Lipinski definition) is 3. The number of likely N-dealkylation sites (tertiary alicyclic amines) is 1. The van der Waals surface area contributed by atoms with Crippen LogP contribution >= 0.6 is 27.3 Å². The molecular formula is C14H19BrN2O2S. The van der Waals surface area contributed by atoms with Crippen LogP contribution in [0.1, 0.15) is 25.1 Å². The number of halogens is 1. The van der Waals surface area contributed by atoms with Gasteiger partial charge in [-0.15, -0.1) is 11.3 Å². The van der Waals surface area contributed by atoms with E-state index in [-0.39, 0.29) is 23.8 Å². The number of carbonyl (C=O) groups excluding carboxylic acids is 2. The van der Waals surface area contributed by atoms with Crippen molar-refractivity contribution in [1.29, 1.82) is 0 Å². The molecule has 1 saturated heterocycles. The van der Waals surface area contributed by atoms with Crippen LogP contribution in [0.4, 0.5) is 0 Å². The van der Waals surface area contributed by atoms with Gasteiger partial charge in [0.15, 0.2) is 0 Å². The van der Waals surface area contributed by atoms with Gasteiger partial charge < -0.3 is 9.80 Å². The van der Waals surface area contributed by atoms with E-state index in [2.05, 4.69) is 15.9 Å². The molecule has 1 atom stereocenters. The van der Waals surface area contributed by atoms with Crippen LogP contribution < -0.4 is 0 Å². The molecule has 2 rings (SSSR count). The van der Waals surface area contributed by atoms with Crippen LogP contribution in [0.25, 0.3) is 0 Å². The van der Waals surface area contributed by atoms with Crippen molar-refractivity contribution in [2.24, 2.45) is 5.92 Å². The molecule has 1 aliphatic heterocycles. The van der Waals surface area contributed by atoms with Gasteiger partial charge in [0.2, 0.25) is 11.8 Å². The average Bonchev–Trinajstić information content (AvgIpc) is 2.94. The van der Waals surface area contributed by atoms with E-state index >= 15 is 0 Å². The van der Waals surface area contributed by atoms with Crippen molar-refractivity contribution in [3.05, 3.63) is 20.8 Å². The summed E-state index contributed by atoms with van der Waals surface area (Å²) < 4.78 is 1.07. The van der Waals surface area contributed by atoms with Gasteiger partial charge in [-0.25, -0.2) is 0 Å². The Labute approximate surface area is 131 Å². The summed E-state index contributed by atoms with van der Waals surface area (Å²) in [5, 5.41) is 0. The Bertz CT molecular complexity index is 515. The van der Waals surface area contributed by atoms with Crippen LogP contribution in [0.5, 0.6) is 0 Å². The summed E-state index contributed by atoms with van der Waals surface area (Å²) in [5.41, 5.74) is 0. The van der Waals surface area contributed by atoms with Gasteiger partial charge in [0.25, 0.3) is 0 Å². The largest absolute Gasteiger partial charge is 0.340 e. The Hall–Kier alpha value is -0.880. The van der Waals surface area contributed by atoms with Gasteiger partial charge in [0.05, 0.1) is 16.2 Å². The monoisotopic (exact) mass is 358 g/mol. The zero-order chi connectivity index (χ0) is 14.9. The molecule has 0 N–H and O–H groups in total. The summed E-state index contributed by atoms with van der Waals surface area (Å²) in [6, 6.07) is 4.16. The third-order valence-electron chi connectivity index (χ3n) is 3.53. The van der Waals surface area contributed by atoms with Crippen molar-refractivity contribution >= 4 is 39.1 Å². The molecule has 6 heteroatoms. The molecule has 4 nitrogen and oxygen atoms in total. The maximum absolute atomic E-state index is 12.4. The number of thiophene rings is 1. The fourth-order valence-corrected chi connectivity index (χ4v) is 3.99. The van der Waals surface area contributed by atoms with Crippen LogP contribution in [0.2, 0.25) is 0 Å². The zero-order valence-corrected chi connectivity index (χ0v) is 14.3. The predicted molar refractivity (Wildman–Crippen MR) is 83.4 cm³/mol. The summed E-state index contributed by atoms with van der Waals surface area (Å²) in [5.74, 6) is -0.0463. The van der Waals surface area contributed by atoms with Crippen molar-refractivity contribution in [2.75, 3.05) is 13.6 Å². The fraction of sp³-hybridized carbons (Fsp3) is 0.571.